The molecule has 28 heavy (non-hydrogen) atoms. The van der Waals surface area contributed by atoms with Crippen molar-refractivity contribution in [2.75, 3.05) is 0 Å². The van der Waals surface area contributed by atoms with E-state index >= 15 is 0 Å². The van der Waals surface area contributed by atoms with Crippen LogP contribution in [0.3, 0.4) is 0 Å². The average Bonchev–Trinajstić information content (AvgIpc) is 2.67. The SMILES string of the molecule is CCCCCc1cccc2c1C(C)(C)c1cccc(CCCCC)c1C2(C)C. The summed E-state index contributed by atoms with van der Waals surface area (Å²) in [4.78, 5) is 0. The van der Waals surface area contributed by atoms with Crippen LogP contribution in [0.4, 0.5) is 0 Å². The highest BCUT2D eigenvalue weighted by atomic mass is 14.5. The van der Waals surface area contributed by atoms with Gasteiger partial charge in [-0.25, -0.2) is 0 Å². The van der Waals surface area contributed by atoms with Crippen molar-refractivity contribution >= 4 is 0 Å². The first kappa shape index (κ1) is 21.2. The molecule has 1 aliphatic rings. The molecular weight excluding hydrogens is 336 g/mol. The maximum Gasteiger partial charge on any atom is 0.0155 e. The fourth-order valence-electron chi connectivity index (χ4n) is 5.53. The van der Waals surface area contributed by atoms with Gasteiger partial charge in [0.25, 0.3) is 0 Å². The number of unbranched alkanes of at least 4 members (excludes halogenated alkanes) is 4. The van der Waals surface area contributed by atoms with E-state index in [0.717, 1.165) is 0 Å². The molecule has 0 heterocycles. The highest BCUT2D eigenvalue weighted by molar-refractivity contribution is 5.62. The van der Waals surface area contributed by atoms with E-state index in [4.69, 9.17) is 0 Å². The van der Waals surface area contributed by atoms with Crippen molar-refractivity contribution in [2.45, 2.75) is 104 Å². The largest absolute Gasteiger partial charge is 0.0654 e. The predicted molar refractivity (Wildman–Crippen MR) is 124 cm³/mol. The first-order chi connectivity index (χ1) is 13.4. The quantitative estimate of drug-likeness (QED) is 0.408. The van der Waals surface area contributed by atoms with Gasteiger partial charge in [-0.05, 0) is 59.1 Å². The van der Waals surface area contributed by atoms with Crippen molar-refractivity contribution in [3.8, 4) is 0 Å². The number of rotatable bonds is 8. The number of aryl methyl sites for hydroxylation is 2. The van der Waals surface area contributed by atoms with Gasteiger partial charge in [-0.2, -0.15) is 0 Å². The summed E-state index contributed by atoms with van der Waals surface area (Å²) in [6, 6.07) is 14.2. The zero-order valence-electron chi connectivity index (χ0n) is 19.1. The van der Waals surface area contributed by atoms with Gasteiger partial charge in [-0.15, -0.1) is 0 Å². The molecule has 0 N–H and O–H groups in total. The van der Waals surface area contributed by atoms with Gasteiger partial charge in [-0.1, -0.05) is 104 Å². The van der Waals surface area contributed by atoms with Gasteiger partial charge >= 0.3 is 0 Å². The molecule has 0 atom stereocenters. The van der Waals surface area contributed by atoms with Gasteiger partial charge < -0.3 is 0 Å². The number of benzene rings is 2. The van der Waals surface area contributed by atoms with Crippen molar-refractivity contribution in [3.05, 3.63) is 69.8 Å². The van der Waals surface area contributed by atoms with E-state index in [9.17, 15) is 0 Å². The molecule has 1 aliphatic carbocycles. The Labute approximate surface area is 173 Å². The van der Waals surface area contributed by atoms with Crippen LogP contribution in [-0.4, -0.2) is 0 Å². The van der Waals surface area contributed by atoms with Crippen molar-refractivity contribution in [3.63, 3.8) is 0 Å². The van der Waals surface area contributed by atoms with Crippen molar-refractivity contribution in [2.24, 2.45) is 0 Å². The first-order valence-electron chi connectivity index (χ1n) is 11.6. The second kappa shape index (κ2) is 8.44. The second-order valence-corrected chi connectivity index (χ2v) is 9.84. The zero-order chi connectivity index (χ0) is 20.4. The van der Waals surface area contributed by atoms with E-state index in [0.29, 0.717) is 0 Å². The summed E-state index contributed by atoms with van der Waals surface area (Å²) in [7, 11) is 0. The Morgan fingerprint density at radius 2 is 0.964 bits per heavy atom. The lowest BCUT2D eigenvalue weighted by molar-refractivity contribution is 0.507. The second-order valence-electron chi connectivity index (χ2n) is 9.84. The lowest BCUT2D eigenvalue weighted by atomic mass is 9.57. The van der Waals surface area contributed by atoms with Crippen molar-refractivity contribution in [1.82, 2.24) is 0 Å². The Bertz CT molecular complexity index is 737. The lowest BCUT2D eigenvalue weighted by Crippen LogP contribution is -2.38. The van der Waals surface area contributed by atoms with Crippen LogP contribution in [0.2, 0.25) is 0 Å². The van der Waals surface area contributed by atoms with Gasteiger partial charge in [0, 0.05) is 10.8 Å². The van der Waals surface area contributed by atoms with Crippen LogP contribution in [0.15, 0.2) is 36.4 Å². The third kappa shape index (κ3) is 3.68. The Kier molecular flexibility index (Phi) is 6.37. The molecule has 0 heteroatoms. The Morgan fingerprint density at radius 3 is 1.32 bits per heavy atom. The van der Waals surface area contributed by atoms with Crippen LogP contribution in [0.1, 0.15) is 113 Å². The lowest BCUT2D eigenvalue weighted by Gasteiger charge is -2.46. The molecule has 0 saturated carbocycles. The molecule has 0 aromatic heterocycles. The van der Waals surface area contributed by atoms with E-state index < -0.39 is 0 Å². The summed E-state index contributed by atoms with van der Waals surface area (Å²) in [6.45, 7) is 14.4. The summed E-state index contributed by atoms with van der Waals surface area (Å²) in [5, 5.41) is 0. The molecular formula is C28H40. The Morgan fingerprint density at radius 1 is 0.571 bits per heavy atom. The molecule has 0 spiro atoms. The first-order valence-corrected chi connectivity index (χ1v) is 11.6. The normalized spacial score (nSPS) is 16.5. The van der Waals surface area contributed by atoms with Crippen LogP contribution < -0.4 is 0 Å². The molecule has 0 radical (unpaired) electrons. The molecule has 152 valence electrons. The zero-order valence-corrected chi connectivity index (χ0v) is 19.1. The highest BCUT2D eigenvalue weighted by Gasteiger charge is 2.43. The van der Waals surface area contributed by atoms with E-state index in [1.54, 1.807) is 33.4 Å². The molecule has 0 bridgehead atoms. The molecule has 0 unspecified atom stereocenters. The van der Waals surface area contributed by atoms with Crippen LogP contribution in [0.25, 0.3) is 0 Å². The Balaban J connectivity index is 2.13. The average molecular weight is 377 g/mol. The number of hydrogen-bond acceptors (Lipinski definition) is 0. The molecule has 3 rings (SSSR count). The fraction of sp³-hybridized carbons (Fsp3) is 0.571. The standard InChI is InChI=1S/C28H40/c1-7-9-11-15-21-17-13-19-23-25(21)27(3,4)24-20-14-18-22(16-12-10-8-2)26(24)28(23,5)6/h13-14,17-20H,7-12,15-16H2,1-6H3. The van der Waals surface area contributed by atoms with E-state index in [1.165, 1.54) is 51.4 Å². The summed E-state index contributed by atoms with van der Waals surface area (Å²) in [5.74, 6) is 0. The summed E-state index contributed by atoms with van der Waals surface area (Å²) >= 11 is 0. The smallest absolute Gasteiger partial charge is 0.0155 e. The highest BCUT2D eigenvalue weighted by Crippen LogP contribution is 2.52. The van der Waals surface area contributed by atoms with Crippen LogP contribution in [0.5, 0.6) is 0 Å². The van der Waals surface area contributed by atoms with Gasteiger partial charge in [0.1, 0.15) is 0 Å². The maximum atomic E-state index is 2.46. The van der Waals surface area contributed by atoms with E-state index in [-0.39, 0.29) is 10.8 Å². The molecule has 0 aliphatic heterocycles. The Hall–Kier alpha value is -1.56. The van der Waals surface area contributed by atoms with E-state index in [2.05, 4.69) is 77.9 Å². The summed E-state index contributed by atoms with van der Waals surface area (Å²) in [5.41, 5.74) is 9.62. The van der Waals surface area contributed by atoms with Gasteiger partial charge in [0.15, 0.2) is 0 Å². The topological polar surface area (TPSA) is 0 Å². The molecule has 2 aromatic rings. The monoisotopic (exact) mass is 376 g/mol. The summed E-state index contributed by atoms with van der Waals surface area (Å²) < 4.78 is 0. The predicted octanol–water partition coefficient (Wildman–Crippen LogP) is 8.12. The number of hydrogen-bond donors (Lipinski definition) is 0. The van der Waals surface area contributed by atoms with Gasteiger partial charge in [0.2, 0.25) is 0 Å². The minimum absolute atomic E-state index is 0.0732. The van der Waals surface area contributed by atoms with Crippen LogP contribution in [0, 0.1) is 0 Å². The maximum absolute atomic E-state index is 2.46. The third-order valence-electron chi connectivity index (χ3n) is 7.00. The van der Waals surface area contributed by atoms with Gasteiger partial charge in [0.05, 0.1) is 0 Å². The minimum Gasteiger partial charge on any atom is -0.0654 e. The van der Waals surface area contributed by atoms with Crippen molar-refractivity contribution in [1.29, 1.82) is 0 Å². The fourth-order valence-corrected chi connectivity index (χ4v) is 5.53. The van der Waals surface area contributed by atoms with E-state index in [1.807, 2.05) is 0 Å². The van der Waals surface area contributed by atoms with Crippen molar-refractivity contribution < 1.29 is 0 Å². The van der Waals surface area contributed by atoms with Gasteiger partial charge in [-0.3, -0.25) is 0 Å². The molecule has 0 saturated heterocycles. The molecule has 0 nitrogen and oxygen atoms in total. The molecule has 0 amide bonds. The third-order valence-corrected chi connectivity index (χ3v) is 7.00. The summed E-state index contributed by atoms with van der Waals surface area (Å²) in [6.07, 6.45) is 10.2. The molecule has 0 fully saturated rings. The molecule has 2 aromatic carbocycles. The van der Waals surface area contributed by atoms with Crippen LogP contribution in [-0.2, 0) is 23.7 Å². The number of fused-ring (bicyclic) bond motifs is 2. The minimum atomic E-state index is 0.0732. The van der Waals surface area contributed by atoms with Crippen LogP contribution >= 0.6 is 0 Å².